The van der Waals surface area contributed by atoms with Gasteiger partial charge in [0.2, 0.25) is 11.8 Å². The number of sulfonamides is 1. The molecule has 208 valence electrons. The number of carbonyl (C=O) groups is 2. The number of carbonyl (C=O) groups excluding carboxylic acids is 2. The number of benzene rings is 3. The molecule has 0 saturated heterocycles. The van der Waals surface area contributed by atoms with Gasteiger partial charge in [-0.15, -0.1) is 0 Å². The number of ether oxygens (including phenoxy) is 1. The number of rotatable bonds is 10. The topological polar surface area (TPSA) is 96.0 Å². The first-order valence-electron chi connectivity index (χ1n) is 12.4. The second kappa shape index (κ2) is 12.7. The quantitative estimate of drug-likeness (QED) is 0.347. The van der Waals surface area contributed by atoms with E-state index in [1.54, 1.807) is 49.4 Å². The van der Waals surface area contributed by atoms with Crippen molar-refractivity contribution < 1.29 is 22.7 Å². The number of nitrogens with zero attached hydrogens (tertiary/aromatic N) is 2. The number of nitrogens with one attached hydrogen (secondary N) is 1. The van der Waals surface area contributed by atoms with E-state index in [1.807, 2.05) is 45.0 Å². The molecule has 3 aromatic rings. The Hall–Kier alpha value is -3.37. The van der Waals surface area contributed by atoms with Gasteiger partial charge in [0, 0.05) is 22.6 Å². The van der Waals surface area contributed by atoms with Crippen molar-refractivity contribution in [3.05, 3.63) is 88.9 Å². The lowest BCUT2D eigenvalue weighted by Crippen LogP contribution is -2.54. The molecule has 0 heterocycles. The standard InChI is InChI=1S/C29H34BrN3O5S/c1-21(28(35)31-29(2,3)4)32(19-22-14-16-23(30)17-15-22)27(34)20-33(24-10-9-11-25(18-24)38-5)39(36,37)26-12-7-6-8-13-26/h6-18,21H,19-20H2,1-5H3,(H,31,35). The fraction of sp³-hybridized carbons (Fsp3) is 0.310. The van der Waals surface area contributed by atoms with Gasteiger partial charge in [-0.2, -0.15) is 0 Å². The molecule has 2 amide bonds. The lowest BCUT2D eigenvalue weighted by atomic mass is 10.1. The second-order valence-corrected chi connectivity index (χ2v) is 12.9. The van der Waals surface area contributed by atoms with Crippen LogP contribution in [0.3, 0.4) is 0 Å². The summed E-state index contributed by atoms with van der Waals surface area (Å²) in [6.45, 7) is 6.80. The molecule has 1 unspecified atom stereocenters. The summed E-state index contributed by atoms with van der Waals surface area (Å²) in [7, 11) is -2.66. The zero-order chi connectivity index (χ0) is 28.8. The summed E-state index contributed by atoms with van der Waals surface area (Å²) in [5, 5.41) is 2.92. The smallest absolute Gasteiger partial charge is 0.264 e. The molecule has 3 rings (SSSR count). The largest absolute Gasteiger partial charge is 0.497 e. The molecule has 0 radical (unpaired) electrons. The van der Waals surface area contributed by atoms with Crippen LogP contribution in [0.25, 0.3) is 0 Å². The highest BCUT2D eigenvalue weighted by Crippen LogP contribution is 2.27. The van der Waals surface area contributed by atoms with Gasteiger partial charge in [0.05, 0.1) is 17.7 Å². The lowest BCUT2D eigenvalue weighted by Gasteiger charge is -2.33. The van der Waals surface area contributed by atoms with Crippen LogP contribution < -0.4 is 14.4 Å². The van der Waals surface area contributed by atoms with Crippen LogP contribution in [0.1, 0.15) is 33.3 Å². The summed E-state index contributed by atoms with van der Waals surface area (Å²) in [6, 6.07) is 20.9. The molecule has 0 aliphatic heterocycles. The molecule has 0 aliphatic carbocycles. The maximum atomic E-state index is 13.9. The van der Waals surface area contributed by atoms with E-state index in [4.69, 9.17) is 4.74 Å². The third-order valence-electron chi connectivity index (χ3n) is 5.88. The van der Waals surface area contributed by atoms with Crippen molar-refractivity contribution in [1.82, 2.24) is 10.2 Å². The van der Waals surface area contributed by atoms with Gasteiger partial charge < -0.3 is 15.0 Å². The van der Waals surface area contributed by atoms with E-state index < -0.39 is 34.1 Å². The minimum absolute atomic E-state index is 0.0404. The third-order valence-corrected chi connectivity index (χ3v) is 8.20. The molecule has 8 nitrogen and oxygen atoms in total. The van der Waals surface area contributed by atoms with Crippen molar-refractivity contribution in [1.29, 1.82) is 0 Å². The van der Waals surface area contributed by atoms with Crippen LogP contribution in [0.5, 0.6) is 5.75 Å². The number of hydrogen-bond acceptors (Lipinski definition) is 5. The van der Waals surface area contributed by atoms with Crippen molar-refractivity contribution in [2.75, 3.05) is 18.0 Å². The highest BCUT2D eigenvalue weighted by atomic mass is 79.9. The number of hydrogen-bond donors (Lipinski definition) is 1. The Morgan fingerprint density at radius 2 is 1.62 bits per heavy atom. The summed E-state index contributed by atoms with van der Waals surface area (Å²) < 4.78 is 34.8. The highest BCUT2D eigenvalue weighted by molar-refractivity contribution is 9.10. The minimum atomic E-state index is -4.14. The SMILES string of the molecule is COc1cccc(N(CC(=O)N(Cc2ccc(Br)cc2)C(C)C(=O)NC(C)(C)C)S(=O)(=O)c2ccccc2)c1. The average molecular weight is 617 g/mol. The summed E-state index contributed by atoms with van der Waals surface area (Å²) in [5.74, 6) is -0.429. The van der Waals surface area contributed by atoms with Crippen LogP contribution in [0.2, 0.25) is 0 Å². The maximum absolute atomic E-state index is 13.9. The van der Waals surface area contributed by atoms with Crippen molar-refractivity contribution in [2.45, 2.75) is 50.7 Å². The number of halogens is 1. The Labute approximate surface area is 239 Å². The van der Waals surface area contributed by atoms with Crippen molar-refractivity contribution >= 4 is 43.5 Å². The van der Waals surface area contributed by atoms with E-state index in [0.717, 1.165) is 14.3 Å². The first kappa shape index (κ1) is 30.2. The Morgan fingerprint density at radius 3 is 2.21 bits per heavy atom. The first-order valence-corrected chi connectivity index (χ1v) is 14.6. The summed E-state index contributed by atoms with van der Waals surface area (Å²) in [5.41, 5.74) is 0.545. The van der Waals surface area contributed by atoms with Crippen molar-refractivity contribution in [2.24, 2.45) is 0 Å². The Morgan fingerprint density at radius 1 is 0.974 bits per heavy atom. The lowest BCUT2D eigenvalue weighted by molar-refractivity contribution is -0.140. The fourth-order valence-corrected chi connectivity index (χ4v) is 5.55. The van der Waals surface area contributed by atoms with Gasteiger partial charge in [0.15, 0.2) is 0 Å². The predicted molar refractivity (Wildman–Crippen MR) is 156 cm³/mol. The predicted octanol–water partition coefficient (Wildman–Crippen LogP) is 4.99. The van der Waals surface area contributed by atoms with Crippen molar-refractivity contribution in [3.8, 4) is 5.75 Å². The fourth-order valence-electron chi connectivity index (χ4n) is 3.86. The molecule has 0 bridgehead atoms. The van der Waals surface area contributed by atoms with E-state index in [1.165, 1.54) is 24.1 Å². The average Bonchev–Trinajstić information content (AvgIpc) is 2.90. The van der Waals surface area contributed by atoms with Gasteiger partial charge in [-0.1, -0.05) is 52.3 Å². The minimum Gasteiger partial charge on any atom is -0.497 e. The van der Waals surface area contributed by atoms with Gasteiger partial charge in [-0.25, -0.2) is 8.42 Å². The molecule has 1 N–H and O–H groups in total. The normalized spacial score (nSPS) is 12.4. The van der Waals surface area contributed by atoms with Gasteiger partial charge in [0.25, 0.3) is 10.0 Å². The molecule has 3 aromatic carbocycles. The molecule has 0 fully saturated rings. The summed E-state index contributed by atoms with van der Waals surface area (Å²) in [4.78, 5) is 28.5. The third kappa shape index (κ3) is 8.06. The van der Waals surface area contributed by atoms with E-state index in [9.17, 15) is 18.0 Å². The van der Waals surface area contributed by atoms with E-state index >= 15 is 0 Å². The molecule has 1 atom stereocenters. The molecule has 0 aromatic heterocycles. The van der Waals surface area contributed by atoms with Crippen LogP contribution in [-0.4, -0.2) is 50.4 Å². The first-order chi connectivity index (χ1) is 18.3. The Kier molecular flexibility index (Phi) is 9.79. The zero-order valence-electron chi connectivity index (χ0n) is 22.7. The van der Waals surface area contributed by atoms with Crippen LogP contribution in [-0.2, 0) is 26.2 Å². The molecule has 0 spiro atoms. The van der Waals surface area contributed by atoms with E-state index in [-0.39, 0.29) is 23.0 Å². The molecule has 10 heteroatoms. The van der Waals surface area contributed by atoms with Gasteiger partial charge in [-0.3, -0.25) is 13.9 Å². The van der Waals surface area contributed by atoms with Crippen LogP contribution in [0.15, 0.2) is 88.2 Å². The summed E-state index contributed by atoms with van der Waals surface area (Å²) >= 11 is 3.41. The highest BCUT2D eigenvalue weighted by Gasteiger charge is 2.33. The number of methoxy groups -OCH3 is 1. The number of anilines is 1. The number of amides is 2. The molecule has 39 heavy (non-hydrogen) atoms. The van der Waals surface area contributed by atoms with E-state index in [0.29, 0.717) is 5.75 Å². The molecular weight excluding hydrogens is 582 g/mol. The maximum Gasteiger partial charge on any atom is 0.264 e. The molecule has 0 saturated carbocycles. The Balaban J connectivity index is 2.04. The van der Waals surface area contributed by atoms with Crippen molar-refractivity contribution in [3.63, 3.8) is 0 Å². The second-order valence-electron chi connectivity index (χ2n) is 10.1. The van der Waals surface area contributed by atoms with E-state index in [2.05, 4.69) is 21.2 Å². The Bertz CT molecular complexity index is 1390. The van der Waals surface area contributed by atoms with Gasteiger partial charge in [-0.05, 0) is 69.7 Å². The van der Waals surface area contributed by atoms with Crippen LogP contribution in [0, 0.1) is 0 Å². The summed E-state index contributed by atoms with van der Waals surface area (Å²) in [6.07, 6.45) is 0. The molecular formula is C29H34BrN3O5S. The van der Waals surface area contributed by atoms with Crippen LogP contribution in [0.4, 0.5) is 5.69 Å². The van der Waals surface area contributed by atoms with Gasteiger partial charge >= 0.3 is 0 Å². The molecule has 0 aliphatic rings. The zero-order valence-corrected chi connectivity index (χ0v) is 25.1. The monoisotopic (exact) mass is 615 g/mol. The van der Waals surface area contributed by atoms with Gasteiger partial charge in [0.1, 0.15) is 18.3 Å². The van der Waals surface area contributed by atoms with Crippen LogP contribution >= 0.6 is 15.9 Å².